The Morgan fingerprint density at radius 2 is 2.20 bits per heavy atom. The van der Waals surface area contributed by atoms with Crippen molar-refractivity contribution in [1.82, 2.24) is 0 Å². The fraction of sp³-hybridized carbons (Fsp3) is 0.900. The number of hydrogen-bond donors (Lipinski definition) is 0. The smallest absolute Gasteiger partial charge is 0.305 e. The first-order valence-corrected chi connectivity index (χ1v) is 6.52. The van der Waals surface area contributed by atoms with Gasteiger partial charge in [-0.3, -0.25) is 9.00 Å². The largest absolute Gasteiger partial charge is 0.772 e. The molecule has 0 bridgehead atoms. The third kappa shape index (κ3) is 9.87. The summed E-state index contributed by atoms with van der Waals surface area (Å²) in [6.45, 7) is 4.55. The number of carbonyl (C=O) groups is 1. The quantitative estimate of drug-likeness (QED) is 0.473. The van der Waals surface area contributed by atoms with Crippen molar-refractivity contribution in [1.29, 1.82) is 0 Å². The Bertz CT molecular complexity index is 206. The summed E-state index contributed by atoms with van der Waals surface area (Å²) in [7, 11) is 0. The lowest BCUT2D eigenvalue weighted by Crippen LogP contribution is -2.12. The molecular formula is C10H19O4S-. The molecule has 0 rings (SSSR count). The van der Waals surface area contributed by atoms with Crippen LogP contribution in [0.15, 0.2) is 0 Å². The molecule has 0 aliphatic heterocycles. The van der Waals surface area contributed by atoms with Gasteiger partial charge in [-0.25, -0.2) is 0 Å². The Kier molecular flexibility index (Phi) is 8.61. The third-order valence-electron chi connectivity index (χ3n) is 2.00. The number of ether oxygens (including phenoxy) is 1. The highest BCUT2D eigenvalue weighted by atomic mass is 32.2. The standard InChI is InChI=1S/C10H20O4S/c1-3-5-9(2)8-14-10(11)6-4-7-15(12)13/h9H,3-8H2,1-2H3,(H,12,13)/p-1. The van der Waals surface area contributed by atoms with Crippen LogP contribution in [-0.2, 0) is 20.6 Å². The summed E-state index contributed by atoms with van der Waals surface area (Å²) in [5.74, 6) is 0.107. The van der Waals surface area contributed by atoms with E-state index in [1.807, 2.05) is 6.92 Å². The molecule has 4 nitrogen and oxygen atoms in total. The monoisotopic (exact) mass is 235 g/mol. The fourth-order valence-electron chi connectivity index (χ4n) is 1.22. The van der Waals surface area contributed by atoms with Crippen molar-refractivity contribution < 1.29 is 18.3 Å². The summed E-state index contributed by atoms with van der Waals surface area (Å²) < 4.78 is 25.4. The minimum atomic E-state index is -2.06. The second kappa shape index (κ2) is 8.85. The van der Waals surface area contributed by atoms with Crippen LogP contribution in [0.3, 0.4) is 0 Å². The van der Waals surface area contributed by atoms with Gasteiger partial charge in [0, 0.05) is 12.2 Å². The topological polar surface area (TPSA) is 66.4 Å². The lowest BCUT2D eigenvalue weighted by Gasteiger charge is -2.10. The van der Waals surface area contributed by atoms with E-state index < -0.39 is 11.1 Å². The predicted octanol–water partition coefficient (Wildman–Crippen LogP) is 1.63. The molecular weight excluding hydrogens is 216 g/mol. The van der Waals surface area contributed by atoms with Crippen LogP contribution < -0.4 is 0 Å². The first-order valence-electron chi connectivity index (χ1n) is 5.27. The van der Waals surface area contributed by atoms with Gasteiger partial charge in [0.25, 0.3) is 0 Å². The van der Waals surface area contributed by atoms with Crippen LogP contribution in [0.1, 0.15) is 39.5 Å². The maximum atomic E-state index is 11.1. The Labute approximate surface area is 93.7 Å². The van der Waals surface area contributed by atoms with Crippen LogP contribution in [0.4, 0.5) is 0 Å². The molecule has 0 heterocycles. The summed E-state index contributed by atoms with van der Waals surface area (Å²) in [5, 5.41) is 0. The van der Waals surface area contributed by atoms with Gasteiger partial charge in [0.2, 0.25) is 0 Å². The molecule has 2 unspecified atom stereocenters. The SMILES string of the molecule is CCCC(C)COC(=O)CCCS(=O)[O-]. The second-order valence-electron chi connectivity index (χ2n) is 3.69. The molecule has 0 radical (unpaired) electrons. The van der Waals surface area contributed by atoms with Gasteiger partial charge < -0.3 is 9.29 Å². The van der Waals surface area contributed by atoms with Crippen molar-refractivity contribution in [2.24, 2.45) is 5.92 Å². The van der Waals surface area contributed by atoms with Crippen LogP contribution in [0.2, 0.25) is 0 Å². The first-order chi connectivity index (χ1) is 7.06. The minimum Gasteiger partial charge on any atom is -0.772 e. The van der Waals surface area contributed by atoms with E-state index in [0.717, 1.165) is 12.8 Å². The number of rotatable bonds is 8. The molecule has 2 atom stereocenters. The Morgan fingerprint density at radius 3 is 2.73 bits per heavy atom. The lowest BCUT2D eigenvalue weighted by atomic mass is 10.1. The zero-order valence-corrected chi connectivity index (χ0v) is 10.2. The molecule has 0 N–H and O–H groups in total. The average molecular weight is 235 g/mol. The van der Waals surface area contributed by atoms with E-state index in [9.17, 15) is 13.6 Å². The number of esters is 1. The second-order valence-corrected chi connectivity index (χ2v) is 4.70. The molecule has 0 saturated heterocycles. The van der Waals surface area contributed by atoms with Crippen molar-refractivity contribution in [3.63, 3.8) is 0 Å². The molecule has 0 saturated carbocycles. The fourth-order valence-corrected chi connectivity index (χ4v) is 1.60. The summed E-state index contributed by atoms with van der Waals surface area (Å²) in [6.07, 6.45) is 2.65. The Morgan fingerprint density at radius 1 is 1.53 bits per heavy atom. The van der Waals surface area contributed by atoms with Gasteiger partial charge in [-0.2, -0.15) is 0 Å². The Hall–Kier alpha value is -0.420. The van der Waals surface area contributed by atoms with Crippen LogP contribution in [0.5, 0.6) is 0 Å². The zero-order chi connectivity index (χ0) is 11.7. The molecule has 0 aromatic heterocycles. The van der Waals surface area contributed by atoms with E-state index in [1.54, 1.807) is 0 Å². The molecule has 0 aliphatic rings. The van der Waals surface area contributed by atoms with E-state index in [-0.39, 0.29) is 18.1 Å². The van der Waals surface area contributed by atoms with Crippen LogP contribution >= 0.6 is 0 Å². The molecule has 0 aromatic rings. The highest BCUT2D eigenvalue weighted by Crippen LogP contribution is 2.06. The molecule has 5 heteroatoms. The number of carbonyl (C=O) groups excluding carboxylic acids is 1. The van der Waals surface area contributed by atoms with Gasteiger partial charge in [-0.15, -0.1) is 0 Å². The molecule has 0 aliphatic carbocycles. The lowest BCUT2D eigenvalue weighted by molar-refractivity contribution is -0.144. The molecule has 15 heavy (non-hydrogen) atoms. The molecule has 0 spiro atoms. The first kappa shape index (κ1) is 14.6. The minimum absolute atomic E-state index is 0.0274. The summed E-state index contributed by atoms with van der Waals surface area (Å²) in [5.41, 5.74) is 0. The van der Waals surface area contributed by atoms with E-state index in [4.69, 9.17) is 4.74 Å². The van der Waals surface area contributed by atoms with Crippen LogP contribution in [0.25, 0.3) is 0 Å². The van der Waals surface area contributed by atoms with Crippen LogP contribution in [-0.4, -0.2) is 27.1 Å². The molecule has 0 fully saturated rings. The van der Waals surface area contributed by atoms with Crippen molar-refractivity contribution in [3.8, 4) is 0 Å². The van der Waals surface area contributed by atoms with Crippen molar-refractivity contribution in [2.75, 3.05) is 12.4 Å². The van der Waals surface area contributed by atoms with Crippen molar-refractivity contribution >= 4 is 17.0 Å². The summed E-state index contributed by atoms with van der Waals surface area (Å²) >= 11 is -2.06. The molecule has 0 amide bonds. The van der Waals surface area contributed by atoms with E-state index in [0.29, 0.717) is 18.9 Å². The van der Waals surface area contributed by atoms with Crippen molar-refractivity contribution in [3.05, 3.63) is 0 Å². The van der Waals surface area contributed by atoms with Crippen LogP contribution in [0, 0.1) is 5.92 Å². The molecule has 90 valence electrons. The van der Waals surface area contributed by atoms with Gasteiger partial charge >= 0.3 is 5.97 Å². The van der Waals surface area contributed by atoms with Crippen molar-refractivity contribution in [2.45, 2.75) is 39.5 Å². The highest BCUT2D eigenvalue weighted by Gasteiger charge is 2.06. The maximum absolute atomic E-state index is 11.1. The summed E-state index contributed by atoms with van der Waals surface area (Å²) in [4.78, 5) is 11.1. The van der Waals surface area contributed by atoms with E-state index in [1.165, 1.54) is 0 Å². The Balaban J connectivity index is 3.44. The third-order valence-corrected chi connectivity index (χ3v) is 2.62. The van der Waals surface area contributed by atoms with Gasteiger partial charge in [0.15, 0.2) is 0 Å². The predicted molar refractivity (Wildman–Crippen MR) is 58.1 cm³/mol. The normalized spacial score (nSPS) is 14.6. The highest BCUT2D eigenvalue weighted by molar-refractivity contribution is 7.79. The zero-order valence-electron chi connectivity index (χ0n) is 9.36. The summed E-state index contributed by atoms with van der Waals surface area (Å²) in [6, 6.07) is 0. The van der Waals surface area contributed by atoms with Gasteiger partial charge in [-0.1, -0.05) is 31.3 Å². The average Bonchev–Trinajstić information content (AvgIpc) is 2.14. The maximum Gasteiger partial charge on any atom is 0.305 e. The van der Waals surface area contributed by atoms with Gasteiger partial charge in [0.05, 0.1) is 6.61 Å². The van der Waals surface area contributed by atoms with E-state index in [2.05, 4.69) is 6.92 Å². The van der Waals surface area contributed by atoms with Gasteiger partial charge in [0.1, 0.15) is 0 Å². The number of hydrogen-bond acceptors (Lipinski definition) is 4. The van der Waals surface area contributed by atoms with E-state index >= 15 is 0 Å². The van der Waals surface area contributed by atoms with Gasteiger partial charge in [-0.05, 0) is 18.8 Å². The molecule has 0 aromatic carbocycles.